The Hall–Kier alpha value is -1.59. The topological polar surface area (TPSA) is 50.8 Å². The van der Waals surface area contributed by atoms with Gasteiger partial charge >= 0.3 is 0 Å². The number of hydrogen-bond donors (Lipinski definition) is 1. The molecule has 1 aromatic rings. The highest BCUT2D eigenvalue weighted by Crippen LogP contribution is 2.37. The van der Waals surface area contributed by atoms with Crippen LogP contribution >= 0.6 is 0 Å². The second-order valence-corrected chi connectivity index (χ2v) is 9.05. The summed E-state index contributed by atoms with van der Waals surface area (Å²) in [6, 6.07) is 6.97. The predicted molar refractivity (Wildman–Crippen MR) is 114 cm³/mol. The van der Waals surface area contributed by atoms with Gasteiger partial charge in [-0.15, -0.1) is 0 Å². The molecule has 1 saturated heterocycles. The molecule has 1 saturated carbocycles. The third-order valence-electron chi connectivity index (χ3n) is 7.15. The molecule has 0 radical (unpaired) electrons. The summed E-state index contributed by atoms with van der Waals surface area (Å²) in [4.78, 5) is 14.3. The number of carbonyl (C=O) groups is 1. The van der Waals surface area contributed by atoms with Crippen molar-refractivity contribution < 1.29 is 14.3 Å². The number of nitrogens with zero attached hydrogens (tertiary/aromatic N) is 1. The molecule has 4 rings (SSSR count). The summed E-state index contributed by atoms with van der Waals surface area (Å²) in [5.74, 6) is 2.67. The fraction of sp³-hybridized carbons (Fsp3) is 0.708. The molecule has 3 aliphatic rings. The summed E-state index contributed by atoms with van der Waals surface area (Å²) >= 11 is 0. The molecule has 1 N–H and O–H groups in total. The lowest BCUT2D eigenvalue weighted by Gasteiger charge is -2.35. The second-order valence-electron chi connectivity index (χ2n) is 9.05. The summed E-state index contributed by atoms with van der Waals surface area (Å²) in [6.07, 6.45) is 9.64. The van der Waals surface area contributed by atoms with Gasteiger partial charge in [-0.2, -0.15) is 0 Å². The van der Waals surface area contributed by atoms with Gasteiger partial charge < -0.3 is 19.7 Å². The van der Waals surface area contributed by atoms with E-state index in [9.17, 15) is 4.79 Å². The maximum absolute atomic E-state index is 11.7. The number of hydrogen-bond acceptors (Lipinski definition) is 4. The summed E-state index contributed by atoms with van der Waals surface area (Å²) in [5.41, 5.74) is 3.02. The smallest absolute Gasteiger partial charge is 0.246 e. The number of fused-ring (bicyclic) bond motifs is 1. The normalized spacial score (nSPS) is 25.4. The molecule has 2 heterocycles. The fourth-order valence-electron chi connectivity index (χ4n) is 5.46. The Bertz CT molecular complexity index is 677. The van der Waals surface area contributed by atoms with Crippen LogP contribution in [-0.4, -0.2) is 56.8 Å². The van der Waals surface area contributed by atoms with E-state index in [0.29, 0.717) is 12.0 Å². The van der Waals surface area contributed by atoms with Crippen molar-refractivity contribution in [2.24, 2.45) is 5.92 Å². The van der Waals surface area contributed by atoms with Crippen LogP contribution in [0.2, 0.25) is 0 Å². The van der Waals surface area contributed by atoms with Crippen LogP contribution in [0.1, 0.15) is 62.0 Å². The van der Waals surface area contributed by atoms with Crippen LogP contribution in [0.25, 0.3) is 0 Å². The van der Waals surface area contributed by atoms with E-state index in [1.165, 1.54) is 57.3 Å². The maximum Gasteiger partial charge on any atom is 0.246 e. The highest BCUT2D eigenvalue weighted by atomic mass is 16.5. The van der Waals surface area contributed by atoms with Gasteiger partial charge in [0.05, 0.1) is 6.61 Å². The SMILES string of the molecule is COCC(=O)N[C@H]1CC[C@H](CCN2CCC(c3cccc4c3CCO4)CC2)CC1. The Labute approximate surface area is 175 Å². The third-order valence-corrected chi connectivity index (χ3v) is 7.15. The highest BCUT2D eigenvalue weighted by Gasteiger charge is 2.27. The number of likely N-dealkylation sites (tertiary alicyclic amines) is 1. The number of amides is 1. The van der Waals surface area contributed by atoms with Crippen molar-refractivity contribution in [3.05, 3.63) is 29.3 Å². The van der Waals surface area contributed by atoms with E-state index in [1.807, 2.05) is 0 Å². The minimum absolute atomic E-state index is 0.0226. The molecule has 0 aromatic heterocycles. The van der Waals surface area contributed by atoms with Gasteiger partial charge in [-0.05, 0) is 88.0 Å². The van der Waals surface area contributed by atoms with Gasteiger partial charge in [-0.3, -0.25) is 4.79 Å². The Balaban J connectivity index is 1.16. The average Bonchev–Trinajstić information content (AvgIpc) is 3.23. The lowest BCUT2D eigenvalue weighted by molar-refractivity contribution is -0.125. The van der Waals surface area contributed by atoms with E-state index >= 15 is 0 Å². The van der Waals surface area contributed by atoms with Crippen LogP contribution in [0, 0.1) is 5.92 Å². The Morgan fingerprint density at radius 3 is 2.72 bits per heavy atom. The van der Waals surface area contributed by atoms with Crippen LogP contribution in [0.5, 0.6) is 5.75 Å². The first-order valence-electron chi connectivity index (χ1n) is 11.5. The molecule has 0 atom stereocenters. The van der Waals surface area contributed by atoms with Crippen molar-refractivity contribution in [1.29, 1.82) is 0 Å². The van der Waals surface area contributed by atoms with Gasteiger partial charge in [-0.25, -0.2) is 0 Å². The molecule has 5 nitrogen and oxygen atoms in total. The van der Waals surface area contributed by atoms with Crippen molar-refractivity contribution in [2.45, 2.75) is 63.3 Å². The third kappa shape index (κ3) is 5.32. The van der Waals surface area contributed by atoms with Crippen LogP contribution in [0.3, 0.4) is 0 Å². The van der Waals surface area contributed by atoms with Crippen LogP contribution in [-0.2, 0) is 16.0 Å². The minimum Gasteiger partial charge on any atom is -0.493 e. The molecule has 0 bridgehead atoms. The average molecular weight is 401 g/mol. The molecule has 0 spiro atoms. The molecular weight excluding hydrogens is 364 g/mol. The molecule has 29 heavy (non-hydrogen) atoms. The number of ether oxygens (including phenoxy) is 2. The number of benzene rings is 1. The highest BCUT2D eigenvalue weighted by molar-refractivity contribution is 5.77. The molecule has 160 valence electrons. The van der Waals surface area contributed by atoms with E-state index in [2.05, 4.69) is 28.4 Å². The van der Waals surface area contributed by atoms with Crippen molar-refractivity contribution in [3.8, 4) is 5.75 Å². The molecule has 1 aromatic carbocycles. The van der Waals surface area contributed by atoms with Crippen molar-refractivity contribution >= 4 is 5.91 Å². The fourth-order valence-corrected chi connectivity index (χ4v) is 5.46. The van der Waals surface area contributed by atoms with E-state index in [0.717, 1.165) is 37.5 Å². The molecule has 0 unspecified atom stereocenters. The summed E-state index contributed by atoms with van der Waals surface area (Å²) in [5, 5.41) is 3.10. The van der Waals surface area contributed by atoms with E-state index < -0.39 is 0 Å². The first-order chi connectivity index (χ1) is 14.2. The minimum atomic E-state index is 0.0226. The number of rotatable bonds is 7. The molecule has 2 aliphatic heterocycles. The standard InChI is InChI=1S/C24H36N2O3/c1-28-17-24(27)25-20-7-5-18(6-8-20)9-13-26-14-10-19(11-15-26)21-3-2-4-23-22(21)12-16-29-23/h2-4,18-20H,5-17H2,1H3,(H,25,27)/t18-,20-. The zero-order valence-corrected chi connectivity index (χ0v) is 17.8. The van der Waals surface area contributed by atoms with Crippen molar-refractivity contribution in [1.82, 2.24) is 10.2 Å². The van der Waals surface area contributed by atoms with Crippen LogP contribution in [0.4, 0.5) is 0 Å². The summed E-state index contributed by atoms with van der Waals surface area (Å²) in [7, 11) is 1.57. The van der Waals surface area contributed by atoms with Gasteiger partial charge in [0, 0.05) is 25.1 Å². The van der Waals surface area contributed by atoms with Gasteiger partial charge in [0.15, 0.2) is 0 Å². The van der Waals surface area contributed by atoms with Crippen LogP contribution < -0.4 is 10.1 Å². The number of methoxy groups -OCH3 is 1. The molecule has 5 heteroatoms. The summed E-state index contributed by atoms with van der Waals surface area (Å²) < 4.78 is 10.7. The summed E-state index contributed by atoms with van der Waals surface area (Å²) in [6.45, 7) is 4.70. The zero-order chi connectivity index (χ0) is 20.1. The monoisotopic (exact) mass is 400 g/mol. The van der Waals surface area contributed by atoms with Crippen molar-refractivity contribution in [3.63, 3.8) is 0 Å². The Morgan fingerprint density at radius 1 is 1.17 bits per heavy atom. The lowest BCUT2D eigenvalue weighted by atomic mass is 9.83. The number of nitrogens with one attached hydrogen (secondary N) is 1. The maximum atomic E-state index is 11.7. The number of piperidine rings is 1. The van der Waals surface area contributed by atoms with E-state index in [-0.39, 0.29) is 12.5 Å². The van der Waals surface area contributed by atoms with Gasteiger partial charge in [-0.1, -0.05) is 12.1 Å². The predicted octanol–water partition coefficient (Wildman–Crippen LogP) is 3.51. The molecular formula is C24H36N2O3. The quantitative estimate of drug-likeness (QED) is 0.761. The van der Waals surface area contributed by atoms with Crippen molar-refractivity contribution in [2.75, 3.05) is 40.0 Å². The molecule has 1 amide bonds. The molecule has 2 fully saturated rings. The van der Waals surface area contributed by atoms with Gasteiger partial charge in [0.25, 0.3) is 0 Å². The first-order valence-corrected chi connectivity index (χ1v) is 11.5. The second kappa shape index (κ2) is 9.94. The molecule has 1 aliphatic carbocycles. The van der Waals surface area contributed by atoms with E-state index in [4.69, 9.17) is 9.47 Å². The lowest BCUT2D eigenvalue weighted by Crippen LogP contribution is -2.40. The Morgan fingerprint density at radius 2 is 1.97 bits per heavy atom. The van der Waals surface area contributed by atoms with Gasteiger partial charge in [0.1, 0.15) is 12.4 Å². The largest absolute Gasteiger partial charge is 0.493 e. The Kier molecular flexibility index (Phi) is 7.09. The van der Waals surface area contributed by atoms with Gasteiger partial charge in [0.2, 0.25) is 5.91 Å². The first kappa shape index (κ1) is 20.7. The zero-order valence-electron chi connectivity index (χ0n) is 17.8. The van der Waals surface area contributed by atoms with Crippen LogP contribution in [0.15, 0.2) is 18.2 Å². The van der Waals surface area contributed by atoms with E-state index in [1.54, 1.807) is 12.7 Å². The number of carbonyl (C=O) groups excluding carboxylic acids is 1.